The summed E-state index contributed by atoms with van der Waals surface area (Å²) in [5, 5.41) is 4.69. The third kappa shape index (κ3) is 13.7. The fraction of sp³-hybridized carbons (Fsp3) is 0.531. The van der Waals surface area contributed by atoms with E-state index in [1.165, 1.54) is 89.0 Å². The highest BCUT2D eigenvalue weighted by atomic mass is 35.5. The Hall–Kier alpha value is -2.57. The van der Waals surface area contributed by atoms with Crippen molar-refractivity contribution in [2.24, 2.45) is 5.10 Å². The Kier molecular flexibility index (Phi) is 17.1. The van der Waals surface area contributed by atoms with Crippen LogP contribution in [0, 0.1) is 0 Å². The van der Waals surface area contributed by atoms with Crippen LogP contribution in [-0.2, 0) is 4.79 Å². The number of halogens is 2. The Morgan fingerprint density at radius 1 is 0.800 bits per heavy atom. The summed E-state index contributed by atoms with van der Waals surface area (Å²) >= 11 is 12.0. The molecule has 1 amide bonds. The highest BCUT2D eigenvalue weighted by Gasteiger charge is 2.16. The van der Waals surface area contributed by atoms with E-state index < -0.39 is 5.97 Å². The van der Waals surface area contributed by atoms with Crippen LogP contribution in [0.4, 0.5) is 0 Å². The van der Waals surface area contributed by atoms with Crippen molar-refractivity contribution in [3.63, 3.8) is 0 Å². The van der Waals surface area contributed by atoms with Gasteiger partial charge in [-0.2, -0.15) is 5.10 Å². The van der Waals surface area contributed by atoms with Gasteiger partial charge in [-0.15, -0.1) is 0 Å². The predicted molar refractivity (Wildman–Crippen MR) is 165 cm³/mol. The van der Waals surface area contributed by atoms with Gasteiger partial charge in [0.2, 0.25) is 5.91 Å². The highest BCUT2D eigenvalue weighted by molar-refractivity contribution is 6.36. The lowest BCUT2D eigenvalue weighted by molar-refractivity contribution is -0.121. The number of ether oxygens (including phenoxy) is 2. The van der Waals surface area contributed by atoms with Gasteiger partial charge in [0, 0.05) is 11.4 Å². The van der Waals surface area contributed by atoms with Crippen LogP contribution >= 0.6 is 23.2 Å². The SMILES string of the molecule is CCCCCCCCCCCCCCCC(=O)NN=Cc1ccc(OC(=O)c2ccc(Cl)cc2Cl)c(OCC)c1. The lowest BCUT2D eigenvalue weighted by Gasteiger charge is -2.12. The number of esters is 1. The smallest absolute Gasteiger partial charge is 0.345 e. The summed E-state index contributed by atoms with van der Waals surface area (Å²) in [4.78, 5) is 24.7. The number of unbranched alkanes of at least 4 members (excludes halogenated alkanes) is 12. The molecule has 0 aliphatic heterocycles. The molecule has 0 unspecified atom stereocenters. The maximum absolute atomic E-state index is 12.6. The normalized spacial score (nSPS) is 11.1. The number of nitrogens with one attached hydrogen (secondary N) is 1. The van der Waals surface area contributed by atoms with Crippen LogP contribution in [0.5, 0.6) is 11.5 Å². The molecule has 2 aromatic rings. The van der Waals surface area contributed by atoms with Crippen LogP contribution in [0.15, 0.2) is 41.5 Å². The van der Waals surface area contributed by atoms with E-state index in [1.54, 1.807) is 24.3 Å². The molecule has 0 bridgehead atoms. The van der Waals surface area contributed by atoms with Gasteiger partial charge in [-0.25, -0.2) is 10.2 Å². The van der Waals surface area contributed by atoms with Gasteiger partial charge in [-0.1, -0.05) is 107 Å². The number of carbonyl (C=O) groups is 2. The molecule has 2 rings (SSSR count). The minimum absolute atomic E-state index is 0.102. The standard InChI is InChI=1S/C32H44Cl2N2O4/c1-3-5-6-7-8-9-10-11-12-13-14-15-16-17-31(37)36-35-24-25-18-21-29(30(22-25)39-4-2)40-32(38)27-20-19-26(33)23-28(27)34/h18-24H,3-17H2,1-2H3,(H,36,37). The van der Waals surface area contributed by atoms with E-state index in [1.807, 2.05) is 6.92 Å². The van der Waals surface area contributed by atoms with E-state index in [0.29, 0.717) is 29.4 Å². The lowest BCUT2D eigenvalue weighted by atomic mass is 10.0. The first-order valence-electron chi connectivity index (χ1n) is 14.7. The van der Waals surface area contributed by atoms with Crippen molar-refractivity contribution >= 4 is 41.3 Å². The van der Waals surface area contributed by atoms with Gasteiger partial charge in [0.25, 0.3) is 0 Å². The fourth-order valence-electron chi connectivity index (χ4n) is 4.31. The second-order valence-corrected chi connectivity index (χ2v) is 10.8. The van der Waals surface area contributed by atoms with Crippen LogP contribution in [0.3, 0.4) is 0 Å². The molecule has 0 aliphatic carbocycles. The summed E-state index contributed by atoms with van der Waals surface area (Å²) in [5.74, 6) is -0.0936. The molecule has 1 N–H and O–H groups in total. The first-order valence-corrected chi connectivity index (χ1v) is 15.5. The van der Waals surface area contributed by atoms with Crippen molar-refractivity contribution in [3.8, 4) is 11.5 Å². The average molecular weight is 592 g/mol. The Morgan fingerprint density at radius 3 is 2.02 bits per heavy atom. The third-order valence-electron chi connectivity index (χ3n) is 6.53. The third-order valence-corrected chi connectivity index (χ3v) is 7.08. The van der Waals surface area contributed by atoms with E-state index in [9.17, 15) is 9.59 Å². The number of hydrogen-bond donors (Lipinski definition) is 1. The largest absolute Gasteiger partial charge is 0.490 e. The van der Waals surface area contributed by atoms with Gasteiger partial charge in [0.15, 0.2) is 11.5 Å². The van der Waals surface area contributed by atoms with Crippen LogP contribution < -0.4 is 14.9 Å². The number of rotatable bonds is 20. The molecule has 0 aliphatic rings. The zero-order chi connectivity index (χ0) is 29.0. The Bertz CT molecular complexity index is 1070. The fourth-order valence-corrected chi connectivity index (χ4v) is 4.79. The van der Waals surface area contributed by atoms with Gasteiger partial charge >= 0.3 is 5.97 Å². The molecule has 0 fully saturated rings. The average Bonchev–Trinajstić information content (AvgIpc) is 2.92. The zero-order valence-electron chi connectivity index (χ0n) is 24.0. The Morgan fingerprint density at radius 2 is 1.43 bits per heavy atom. The van der Waals surface area contributed by atoms with E-state index in [-0.39, 0.29) is 22.2 Å². The van der Waals surface area contributed by atoms with E-state index in [4.69, 9.17) is 32.7 Å². The van der Waals surface area contributed by atoms with Crippen LogP contribution in [0.25, 0.3) is 0 Å². The molecule has 0 spiro atoms. The molecule has 0 saturated carbocycles. The molecule has 0 aromatic heterocycles. The maximum Gasteiger partial charge on any atom is 0.345 e. The van der Waals surface area contributed by atoms with E-state index in [0.717, 1.165) is 12.8 Å². The number of benzene rings is 2. The van der Waals surface area contributed by atoms with Crippen LogP contribution in [0.2, 0.25) is 10.0 Å². The van der Waals surface area contributed by atoms with Gasteiger partial charge in [0.1, 0.15) is 0 Å². The molecule has 0 radical (unpaired) electrons. The molecule has 40 heavy (non-hydrogen) atoms. The van der Waals surface area contributed by atoms with Crippen molar-refractivity contribution in [2.75, 3.05) is 6.61 Å². The number of carbonyl (C=O) groups excluding carboxylic acids is 2. The van der Waals surface area contributed by atoms with E-state index >= 15 is 0 Å². The lowest BCUT2D eigenvalue weighted by Crippen LogP contribution is -2.16. The molecular weight excluding hydrogens is 547 g/mol. The minimum Gasteiger partial charge on any atom is -0.490 e. The van der Waals surface area contributed by atoms with Crippen LogP contribution in [-0.4, -0.2) is 24.7 Å². The summed E-state index contributed by atoms with van der Waals surface area (Å²) in [6.45, 7) is 4.47. The maximum atomic E-state index is 12.6. The van der Waals surface area contributed by atoms with Crippen LogP contribution in [0.1, 0.15) is 120 Å². The molecule has 220 valence electrons. The van der Waals surface area contributed by atoms with Gasteiger partial charge in [-0.3, -0.25) is 4.79 Å². The van der Waals surface area contributed by atoms with Crippen molar-refractivity contribution in [1.82, 2.24) is 5.43 Å². The van der Waals surface area contributed by atoms with E-state index in [2.05, 4.69) is 17.5 Å². The summed E-state index contributed by atoms with van der Waals surface area (Å²) in [7, 11) is 0. The quantitative estimate of drug-likeness (QED) is 0.0547. The number of amides is 1. The highest BCUT2D eigenvalue weighted by Crippen LogP contribution is 2.30. The monoisotopic (exact) mass is 590 g/mol. The topological polar surface area (TPSA) is 77.0 Å². The van der Waals surface area contributed by atoms with Crippen molar-refractivity contribution in [2.45, 2.75) is 104 Å². The Labute approximate surface area is 249 Å². The van der Waals surface area contributed by atoms with Crippen molar-refractivity contribution < 1.29 is 19.1 Å². The molecule has 2 aromatic carbocycles. The van der Waals surface area contributed by atoms with Gasteiger partial charge in [-0.05, 0) is 55.3 Å². The predicted octanol–water partition coefficient (Wildman–Crippen LogP) is 9.54. The zero-order valence-corrected chi connectivity index (χ0v) is 25.5. The van der Waals surface area contributed by atoms with Gasteiger partial charge in [0.05, 0.1) is 23.4 Å². The molecular formula is C32H44Cl2N2O4. The number of hydrogen-bond acceptors (Lipinski definition) is 5. The second-order valence-electron chi connectivity index (χ2n) is 9.94. The van der Waals surface area contributed by atoms with Crippen molar-refractivity contribution in [3.05, 3.63) is 57.6 Å². The first-order chi connectivity index (χ1) is 19.4. The Balaban J connectivity index is 1.67. The molecule has 8 heteroatoms. The number of hydrazone groups is 1. The number of nitrogens with zero attached hydrogens (tertiary/aromatic N) is 1. The second kappa shape index (κ2) is 20.3. The van der Waals surface area contributed by atoms with Crippen molar-refractivity contribution in [1.29, 1.82) is 0 Å². The molecule has 0 heterocycles. The minimum atomic E-state index is -0.621. The molecule has 0 atom stereocenters. The summed E-state index contributed by atoms with van der Waals surface area (Å²) < 4.78 is 11.2. The summed E-state index contributed by atoms with van der Waals surface area (Å²) in [6.07, 6.45) is 18.5. The first kappa shape index (κ1) is 33.6. The molecule has 0 saturated heterocycles. The summed E-state index contributed by atoms with van der Waals surface area (Å²) in [6, 6.07) is 9.59. The van der Waals surface area contributed by atoms with Gasteiger partial charge < -0.3 is 9.47 Å². The molecule has 6 nitrogen and oxygen atoms in total. The summed E-state index contributed by atoms with van der Waals surface area (Å²) in [5.41, 5.74) is 3.47.